The lowest BCUT2D eigenvalue weighted by molar-refractivity contribution is 0.239. The molecule has 0 spiro atoms. The second-order valence-corrected chi connectivity index (χ2v) is 6.29. The largest absolute Gasteiger partial charge is 0.341 e. The molecule has 0 aliphatic carbocycles. The van der Waals surface area contributed by atoms with E-state index in [2.05, 4.69) is 31.4 Å². The number of benzene rings is 1. The summed E-state index contributed by atoms with van der Waals surface area (Å²) >= 11 is 1.64. The summed E-state index contributed by atoms with van der Waals surface area (Å²) in [6, 6.07) is 9.42. The van der Waals surface area contributed by atoms with Crippen molar-refractivity contribution >= 4 is 16.9 Å². The number of nitriles is 1. The van der Waals surface area contributed by atoms with Gasteiger partial charge in [0.2, 0.25) is 0 Å². The highest BCUT2D eigenvalue weighted by atomic mass is 32.2. The van der Waals surface area contributed by atoms with E-state index in [9.17, 15) is 0 Å². The van der Waals surface area contributed by atoms with Gasteiger partial charge in [0.05, 0.1) is 23.4 Å². The third kappa shape index (κ3) is 3.26. The van der Waals surface area contributed by atoms with Gasteiger partial charge in [-0.2, -0.15) is 5.26 Å². The van der Waals surface area contributed by atoms with Gasteiger partial charge in [-0.05, 0) is 48.9 Å². The molecule has 2 aromatic rings. The number of piperidine rings is 1. The Kier molecular flexibility index (Phi) is 5.11. The molecule has 1 aliphatic heterocycles. The molecule has 3 rings (SSSR count). The minimum absolute atomic E-state index is 0.0952. The predicted octanol–water partition coefficient (Wildman–Crippen LogP) is 2.41. The van der Waals surface area contributed by atoms with E-state index in [1.807, 2.05) is 25.4 Å². The van der Waals surface area contributed by atoms with E-state index >= 15 is 0 Å². The zero-order valence-corrected chi connectivity index (χ0v) is 14.6. The lowest BCUT2D eigenvalue weighted by Gasteiger charge is -2.35. The average Bonchev–Trinajstić information content (AvgIpc) is 3.13. The van der Waals surface area contributed by atoms with Gasteiger partial charge in [0.15, 0.2) is 11.0 Å². The third-order valence-electron chi connectivity index (χ3n) is 4.06. The monoisotopic (exact) mass is 341 g/mol. The van der Waals surface area contributed by atoms with Crippen LogP contribution in [-0.2, 0) is 0 Å². The molecule has 1 aromatic carbocycles. The number of aliphatic imine (C=N–C) groups is 1. The number of aromatic nitrogens is 4. The average molecular weight is 341 g/mol. The SMILES string of the molecule is CN=C(SC)N1CCCC[C@@H]1c1nnn(-c2cccc(C#N)c2)n1. The number of hydrogen-bond donors (Lipinski definition) is 0. The van der Waals surface area contributed by atoms with Crippen LogP contribution >= 0.6 is 11.8 Å². The second kappa shape index (κ2) is 7.45. The Labute approximate surface area is 145 Å². The minimum atomic E-state index is 0.0952. The smallest absolute Gasteiger partial charge is 0.197 e. The van der Waals surface area contributed by atoms with Gasteiger partial charge in [-0.15, -0.1) is 15.0 Å². The van der Waals surface area contributed by atoms with E-state index in [4.69, 9.17) is 5.26 Å². The van der Waals surface area contributed by atoms with Gasteiger partial charge in [-0.3, -0.25) is 4.99 Å². The van der Waals surface area contributed by atoms with E-state index < -0.39 is 0 Å². The highest BCUT2D eigenvalue weighted by Crippen LogP contribution is 2.30. The number of rotatable bonds is 2. The zero-order chi connectivity index (χ0) is 16.9. The Hall–Kier alpha value is -2.40. The molecule has 1 saturated heterocycles. The van der Waals surface area contributed by atoms with Gasteiger partial charge in [0.25, 0.3) is 0 Å². The summed E-state index contributed by atoms with van der Waals surface area (Å²) in [6.07, 6.45) is 5.31. The van der Waals surface area contributed by atoms with Crippen molar-refractivity contribution in [3.8, 4) is 11.8 Å². The molecule has 7 nitrogen and oxygen atoms in total. The van der Waals surface area contributed by atoms with E-state index in [1.54, 1.807) is 23.9 Å². The van der Waals surface area contributed by atoms with Crippen LogP contribution in [0.4, 0.5) is 0 Å². The van der Waals surface area contributed by atoms with Gasteiger partial charge in [0, 0.05) is 13.6 Å². The molecule has 0 radical (unpaired) electrons. The first-order valence-electron chi connectivity index (χ1n) is 7.84. The maximum atomic E-state index is 9.03. The van der Waals surface area contributed by atoms with Crippen LogP contribution in [-0.4, -0.2) is 50.1 Å². The number of likely N-dealkylation sites (tertiary alicyclic amines) is 1. The Bertz CT molecular complexity index is 777. The number of tetrazole rings is 1. The molecule has 0 bridgehead atoms. The molecule has 1 atom stereocenters. The van der Waals surface area contributed by atoms with Crippen LogP contribution < -0.4 is 0 Å². The van der Waals surface area contributed by atoms with Crippen LogP contribution in [0.3, 0.4) is 0 Å². The minimum Gasteiger partial charge on any atom is -0.341 e. The van der Waals surface area contributed by atoms with E-state index in [-0.39, 0.29) is 6.04 Å². The van der Waals surface area contributed by atoms with E-state index in [0.29, 0.717) is 11.4 Å². The van der Waals surface area contributed by atoms with Crippen molar-refractivity contribution in [3.05, 3.63) is 35.7 Å². The molecule has 0 amide bonds. The van der Waals surface area contributed by atoms with Crippen LogP contribution in [0.25, 0.3) is 5.69 Å². The van der Waals surface area contributed by atoms with E-state index in [0.717, 1.165) is 36.7 Å². The first-order chi connectivity index (χ1) is 11.8. The molecule has 1 aliphatic rings. The van der Waals surface area contributed by atoms with Gasteiger partial charge >= 0.3 is 0 Å². The molecule has 8 heteroatoms. The lowest BCUT2D eigenvalue weighted by atomic mass is 10.0. The fourth-order valence-corrected chi connectivity index (χ4v) is 3.57. The van der Waals surface area contributed by atoms with Gasteiger partial charge in [-0.1, -0.05) is 17.8 Å². The summed E-state index contributed by atoms with van der Waals surface area (Å²) in [5, 5.41) is 23.0. The van der Waals surface area contributed by atoms with Gasteiger partial charge < -0.3 is 4.90 Å². The summed E-state index contributed by atoms with van der Waals surface area (Å²) in [6.45, 7) is 0.955. The fraction of sp³-hybridized carbons (Fsp3) is 0.438. The van der Waals surface area contributed by atoms with Crippen molar-refractivity contribution in [3.63, 3.8) is 0 Å². The first-order valence-corrected chi connectivity index (χ1v) is 9.07. The van der Waals surface area contributed by atoms with Crippen molar-refractivity contribution in [1.29, 1.82) is 5.26 Å². The summed E-state index contributed by atoms with van der Waals surface area (Å²) in [7, 11) is 1.81. The van der Waals surface area contributed by atoms with E-state index in [1.165, 1.54) is 4.80 Å². The van der Waals surface area contributed by atoms with Gasteiger partial charge in [-0.25, -0.2) is 0 Å². The zero-order valence-electron chi connectivity index (χ0n) is 13.8. The van der Waals surface area contributed by atoms with Crippen LogP contribution in [0, 0.1) is 11.3 Å². The third-order valence-corrected chi connectivity index (χ3v) is 4.84. The lowest BCUT2D eigenvalue weighted by Crippen LogP contribution is -2.37. The molecule has 124 valence electrons. The summed E-state index contributed by atoms with van der Waals surface area (Å²) in [4.78, 5) is 8.14. The van der Waals surface area contributed by atoms with Crippen LogP contribution in [0.5, 0.6) is 0 Å². The molecular formula is C16H19N7S. The second-order valence-electron chi connectivity index (χ2n) is 5.51. The predicted molar refractivity (Wildman–Crippen MR) is 94.0 cm³/mol. The Morgan fingerprint density at radius 1 is 1.42 bits per heavy atom. The van der Waals surface area contributed by atoms with Gasteiger partial charge in [0.1, 0.15) is 0 Å². The molecule has 0 saturated carbocycles. The standard InChI is InChI=1S/C16H19N7S/c1-18-16(24-2)22-9-4-3-8-14(22)15-19-21-23(20-15)13-7-5-6-12(10-13)11-17/h5-7,10,14H,3-4,8-9H2,1-2H3/t14-/m1/s1. The summed E-state index contributed by atoms with van der Waals surface area (Å²) in [5.74, 6) is 0.701. The maximum absolute atomic E-state index is 9.03. The number of amidine groups is 1. The number of hydrogen-bond acceptors (Lipinski definition) is 6. The van der Waals surface area contributed by atoms with Crippen LogP contribution in [0.1, 0.15) is 36.7 Å². The molecule has 24 heavy (non-hydrogen) atoms. The quantitative estimate of drug-likeness (QED) is 0.616. The first kappa shape index (κ1) is 16.5. The van der Waals surface area contributed by atoms with Crippen LogP contribution in [0.15, 0.2) is 29.3 Å². The van der Waals surface area contributed by atoms with Crippen LogP contribution in [0.2, 0.25) is 0 Å². The highest BCUT2D eigenvalue weighted by molar-refractivity contribution is 8.13. The van der Waals surface area contributed by atoms with Crippen molar-refractivity contribution in [2.45, 2.75) is 25.3 Å². The molecule has 1 fully saturated rings. The molecule has 0 N–H and O–H groups in total. The van der Waals surface area contributed by atoms with Crippen molar-refractivity contribution in [2.24, 2.45) is 4.99 Å². The van der Waals surface area contributed by atoms with Crippen molar-refractivity contribution in [1.82, 2.24) is 25.1 Å². The summed E-state index contributed by atoms with van der Waals surface area (Å²) in [5.41, 5.74) is 1.32. The maximum Gasteiger partial charge on any atom is 0.197 e. The van der Waals surface area contributed by atoms with Crippen molar-refractivity contribution in [2.75, 3.05) is 19.8 Å². The normalized spacial score (nSPS) is 18.5. The van der Waals surface area contributed by atoms with Crippen molar-refractivity contribution < 1.29 is 0 Å². The fourth-order valence-electron chi connectivity index (χ4n) is 2.93. The number of thioether (sulfide) groups is 1. The topological polar surface area (TPSA) is 83.0 Å². The Morgan fingerprint density at radius 2 is 2.29 bits per heavy atom. The number of nitrogens with zero attached hydrogens (tertiary/aromatic N) is 7. The summed E-state index contributed by atoms with van der Waals surface area (Å²) < 4.78 is 0. The molecular weight excluding hydrogens is 322 g/mol. The molecule has 0 unspecified atom stereocenters. The highest BCUT2D eigenvalue weighted by Gasteiger charge is 2.29. The Morgan fingerprint density at radius 3 is 3.04 bits per heavy atom. The molecule has 2 heterocycles. The Balaban J connectivity index is 1.89. The molecule has 1 aromatic heterocycles.